The van der Waals surface area contributed by atoms with Gasteiger partial charge in [0.05, 0.1) is 21.2 Å². The van der Waals surface area contributed by atoms with E-state index in [2.05, 4.69) is 10.2 Å². The van der Waals surface area contributed by atoms with Crippen molar-refractivity contribution in [3.8, 4) is 11.4 Å². The molecule has 0 radical (unpaired) electrons. The summed E-state index contributed by atoms with van der Waals surface area (Å²) in [5, 5.41) is 38.0. The van der Waals surface area contributed by atoms with Crippen LogP contribution in [0.5, 0.6) is 5.75 Å². The summed E-state index contributed by atoms with van der Waals surface area (Å²) in [6, 6.07) is 4.40. The molecule has 0 aliphatic heterocycles. The van der Waals surface area contributed by atoms with Crippen molar-refractivity contribution in [3.63, 3.8) is 0 Å². The first-order chi connectivity index (χ1) is 11.3. The predicted octanol–water partition coefficient (Wildman–Crippen LogP) is 1.97. The van der Waals surface area contributed by atoms with Crippen LogP contribution < -0.4 is 5.73 Å². The van der Waals surface area contributed by atoms with Gasteiger partial charge < -0.3 is 15.9 Å². The molecule has 0 atom stereocenters. The number of nitro groups is 1. The molecule has 2 aromatic carbocycles. The summed E-state index contributed by atoms with van der Waals surface area (Å²) < 4.78 is 0. The van der Waals surface area contributed by atoms with Crippen molar-refractivity contribution >= 4 is 40.0 Å². The third-order valence-electron chi connectivity index (χ3n) is 3.25. The van der Waals surface area contributed by atoms with Crippen molar-refractivity contribution in [1.29, 1.82) is 0 Å². The molecule has 122 valence electrons. The van der Waals surface area contributed by atoms with E-state index in [1.165, 1.54) is 0 Å². The zero-order valence-electron chi connectivity index (χ0n) is 11.7. The minimum Gasteiger partial charge on any atom is -0.506 e. The van der Waals surface area contributed by atoms with Gasteiger partial charge in [-0.15, -0.1) is 15.0 Å². The molecule has 0 aliphatic rings. The van der Waals surface area contributed by atoms with Crippen LogP contribution in [-0.4, -0.2) is 36.1 Å². The summed E-state index contributed by atoms with van der Waals surface area (Å²) in [6.07, 6.45) is 0. The second-order valence-corrected chi connectivity index (χ2v) is 5.13. The molecular formula is C13H8ClN5O5. The lowest BCUT2D eigenvalue weighted by Crippen LogP contribution is -2.02. The standard InChI is InChI=1S/C13H8ClN5O5/c14-10-7(15)4-6(13(21)22)11-12(10)17-18(16-11)8-3-5(19(23)24)1-2-9(8)20/h1-4,20H,15H2,(H,21,22). The molecule has 1 heterocycles. The fourth-order valence-electron chi connectivity index (χ4n) is 2.12. The van der Waals surface area contributed by atoms with Crippen molar-refractivity contribution in [2.24, 2.45) is 0 Å². The molecule has 1 aromatic heterocycles. The third-order valence-corrected chi connectivity index (χ3v) is 3.64. The van der Waals surface area contributed by atoms with Crippen LogP contribution in [0.15, 0.2) is 24.3 Å². The smallest absolute Gasteiger partial charge is 0.338 e. The summed E-state index contributed by atoms with van der Waals surface area (Å²) in [5.74, 6) is -1.62. The summed E-state index contributed by atoms with van der Waals surface area (Å²) in [5.41, 5.74) is 4.95. The van der Waals surface area contributed by atoms with E-state index in [4.69, 9.17) is 17.3 Å². The van der Waals surface area contributed by atoms with E-state index >= 15 is 0 Å². The van der Waals surface area contributed by atoms with E-state index in [9.17, 15) is 25.1 Å². The van der Waals surface area contributed by atoms with Crippen LogP contribution in [0.4, 0.5) is 11.4 Å². The quantitative estimate of drug-likeness (QED) is 0.367. The van der Waals surface area contributed by atoms with Crippen molar-refractivity contribution < 1.29 is 19.9 Å². The average molecular weight is 350 g/mol. The first-order valence-corrected chi connectivity index (χ1v) is 6.73. The van der Waals surface area contributed by atoms with Gasteiger partial charge >= 0.3 is 5.97 Å². The first-order valence-electron chi connectivity index (χ1n) is 6.35. The lowest BCUT2D eigenvalue weighted by Gasteiger charge is -2.02. The van der Waals surface area contributed by atoms with E-state index in [1.54, 1.807) is 0 Å². The highest BCUT2D eigenvalue weighted by Crippen LogP contribution is 2.32. The fraction of sp³-hybridized carbons (Fsp3) is 0. The molecule has 0 unspecified atom stereocenters. The number of hydrogen-bond donors (Lipinski definition) is 3. The number of benzene rings is 2. The number of halogens is 1. The van der Waals surface area contributed by atoms with Gasteiger partial charge in [0.2, 0.25) is 0 Å². The van der Waals surface area contributed by atoms with Crippen LogP contribution in [0.1, 0.15) is 10.4 Å². The van der Waals surface area contributed by atoms with Crippen LogP contribution >= 0.6 is 11.6 Å². The van der Waals surface area contributed by atoms with E-state index < -0.39 is 10.9 Å². The van der Waals surface area contributed by atoms with Crippen LogP contribution in [0.25, 0.3) is 16.7 Å². The number of anilines is 1. The summed E-state index contributed by atoms with van der Waals surface area (Å²) in [6.45, 7) is 0. The van der Waals surface area contributed by atoms with Gasteiger partial charge in [-0.3, -0.25) is 10.1 Å². The van der Waals surface area contributed by atoms with Gasteiger partial charge in [-0.25, -0.2) is 4.79 Å². The number of nitrogen functional groups attached to an aromatic ring is 1. The Hall–Kier alpha value is -3.40. The maximum atomic E-state index is 11.3. The van der Waals surface area contributed by atoms with E-state index in [-0.39, 0.29) is 44.4 Å². The van der Waals surface area contributed by atoms with Crippen LogP contribution in [0.2, 0.25) is 5.02 Å². The van der Waals surface area contributed by atoms with Crippen molar-refractivity contribution in [3.05, 3.63) is 45.0 Å². The van der Waals surface area contributed by atoms with Gasteiger partial charge in [-0.2, -0.15) is 0 Å². The normalized spacial score (nSPS) is 10.9. The molecule has 11 heteroatoms. The summed E-state index contributed by atoms with van der Waals surface area (Å²) >= 11 is 6.02. The molecule has 0 saturated carbocycles. The van der Waals surface area contributed by atoms with E-state index in [0.29, 0.717) is 0 Å². The maximum Gasteiger partial charge on any atom is 0.338 e. The Kier molecular flexibility index (Phi) is 3.45. The number of hydrogen-bond acceptors (Lipinski definition) is 7. The maximum absolute atomic E-state index is 11.3. The second-order valence-electron chi connectivity index (χ2n) is 4.75. The topological polar surface area (TPSA) is 157 Å². The highest BCUT2D eigenvalue weighted by molar-refractivity contribution is 6.38. The lowest BCUT2D eigenvalue weighted by molar-refractivity contribution is -0.384. The minimum atomic E-state index is -1.29. The largest absolute Gasteiger partial charge is 0.506 e. The number of phenols is 1. The highest BCUT2D eigenvalue weighted by atomic mass is 35.5. The average Bonchev–Trinajstić information content (AvgIpc) is 2.96. The lowest BCUT2D eigenvalue weighted by atomic mass is 10.1. The number of rotatable bonds is 3. The molecule has 3 rings (SSSR count). The van der Waals surface area contributed by atoms with Crippen LogP contribution in [0.3, 0.4) is 0 Å². The summed E-state index contributed by atoms with van der Waals surface area (Å²) in [7, 11) is 0. The number of aromatic carboxylic acids is 1. The van der Waals surface area contributed by atoms with Crippen molar-refractivity contribution in [2.75, 3.05) is 5.73 Å². The monoisotopic (exact) mass is 349 g/mol. The Bertz CT molecular complexity index is 1020. The Balaban J connectivity index is 2.31. The van der Waals surface area contributed by atoms with Gasteiger partial charge in [-0.1, -0.05) is 11.6 Å². The number of nitrogens with zero attached hydrogens (tertiary/aromatic N) is 4. The molecule has 0 spiro atoms. The van der Waals surface area contributed by atoms with E-state index in [0.717, 1.165) is 29.1 Å². The molecule has 0 amide bonds. The number of carbonyl (C=O) groups is 1. The van der Waals surface area contributed by atoms with E-state index in [1.807, 2.05) is 0 Å². The van der Waals surface area contributed by atoms with Gasteiger partial charge in [-0.05, 0) is 12.1 Å². The van der Waals surface area contributed by atoms with Gasteiger partial charge in [0, 0.05) is 12.1 Å². The molecule has 0 aliphatic carbocycles. The Morgan fingerprint density at radius 2 is 1.96 bits per heavy atom. The Morgan fingerprint density at radius 3 is 2.58 bits per heavy atom. The van der Waals surface area contributed by atoms with Gasteiger partial charge in [0.15, 0.2) is 0 Å². The summed E-state index contributed by atoms with van der Waals surface area (Å²) in [4.78, 5) is 22.4. The number of nitro benzene ring substituents is 1. The number of aromatic hydroxyl groups is 1. The zero-order valence-corrected chi connectivity index (χ0v) is 12.4. The number of carboxylic acids is 1. The van der Waals surface area contributed by atoms with Crippen LogP contribution in [-0.2, 0) is 0 Å². The molecule has 3 aromatic rings. The Labute approximate surface area is 137 Å². The SMILES string of the molecule is Nc1cc(C(=O)O)c2nn(-c3cc([N+](=O)[O-])ccc3O)nc2c1Cl. The fourth-order valence-corrected chi connectivity index (χ4v) is 2.30. The molecule has 0 fully saturated rings. The number of fused-ring (bicyclic) bond motifs is 1. The number of non-ortho nitro benzene ring substituents is 1. The number of aromatic nitrogens is 3. The van der Waals surface area contributed by atoms with Gasteiger partial charge in [0.25, 0.3) is 5.69 Å². The first kappa shape index (κ1) is 15.5. The second kappa shape index (κ2) is 5.35. The van der Waals surface area contributed by atoms with Crippen LogP contribution in [0, 0.1) is 10.1 Å². The molecule has 4 N–H and O–H groups in total. The van der Waals surface area contributed by atoms with Crippen molar-refractivity contribution in [1.82, 2.24) is 15.0 Å². The molecule has 0 bridgehead atoms. The Morgan fingerprint density at radius 1 is 1.29 bits per heavy atom. The molecule has 10 nitrogen and oxygen atoms in total. The number of nitrogens with two attached hydrogens (primary N) is 1. The molecule has 24 heavy (non-hydrogen) atoms. The highest BCUT2D eigenvalue weighted by Gasteiger charge is 2.21. The molecule has 0 saturated heterocycles. The molecular weight excluding hydrogens is 342 g/mol. The van der Waals surface area contributed by atoms with Crippen molar-refractivity contribution in [2.45, 2.75) is 0 Å². The van der Waals surface area contributed by atoms with Gasteiger partial charge in [0.1, 0.15) is 22.5 Å². The minimum absolute atomic E-state index is 0.0000252. The predicted molar refractivity (Wildman–Crippen MR) is 83.6 cm³/mol. The number of carboxylic acid groups (broad SMARTS) is 1. The third kappa shape index (κ3) is 2.34. The zero-order chi connectivity index (χ0) is 17.6. The number of phenolic OH excluding ortho intramolecular Hbond substituents is 1.